The summed E-state index contributed by atoms with van der Waals surface area (Å²) in [4.78, 5) is 27.7. The van der Waals surface area contributed by atoms with Gasteiger partial charge in [0.25, 0.3) is 0 Å². The standard InChI is InChI=1S/C26H24N2O9S/c1-34-19-10-8-16(12-21(19)35-2)24-25(26(30)31)27(38(32,33)18-6-4-3-5-7-18)14-23(29)28(24)17-9-11-20-22(13-17)37-15-36-20/h3-13,24-25H,14-15H2,1-2H3,(H,30,31)/t24-,25+/m1/s1. The highest BCUT2D eigenvalue weighted by Crippen LogP contribution is 2.43. The van der Waals surface area contributed by atoms with E-state index in [1.165, 1.54) is 49.5 Å². The number of carbonyl (C=O) groups excluding carboxylic acids is 1. The van der Waals surface area contributed by atoms with Crippen molar-refractivity contribution in [3.05, 3.63) is 72.3 Å². The molecular weight excluding hydrogens is 516 g/mol. The summed E-state index contributed by atoms with van der Waals surface area (Å²) in [6.45, 7) is -0.681. The topological polar surface area (TPSA) is 132 Å². The van der Waals surface area contributed by atoms with E-state index in [9.17, 15) is 23.1 Å². The van der Waals surface area contributed by atoms with Crippen LogP contribution in [0.3, 0.4) is 0 Å². The number of benzene rings is 3. The highest BCUT2D eigenvalue weighted by molar-refractivity contribution is 7.89. The number of fused-ring (bicyclic) bond motifs is 1. The lowest BCUT2D eigenvalue weighted by Crippen LogP contribution is -2.62. The number of nitrogens with zero attached hydrogens (tertiary/aromatic N) is 2. The first-order valence-electron chi connectivity index (χ1n) is 11.5. The second-order valence-electron chi connectivity index (χ2n) is 8.51. The molecule has 0 bridgehead atoms. The lowest BCUT2D eigenvalue weighted by Gasteiger charge is -2.44. The summed E-state index contributed by atoms with van der Waals surface area (Å²) < 4.78 is 49.6. The molecule has 3 aromatic rings. The minimum atomic E-state index is -4.37. The Bertz CT molecular complexity index is 1490. The average Bonchev–Trinajstić information content (AvgIpc) is 3.40. The monoisotopic (exact) mass is 540 g/mol. The predicted octanol–water partition coefficient (Wildman–Crippen LogP) is 2.66. The van der Waals surface area contributed by atoms with E-state index in [4.69, 9.17) is 18.9 Å². The fraction of sp³-hybridized carbons (Fsp3) is 0.231. The number of sulfonamides is 1. The molecule has 0 aliphatic carbocycles. The van der Waals surface area contributed by atoms with Crippen molar-refractivity contribution in [2.75, 3.05) is 32.5 Å². The van der Waals surface area contributed by atoms with Crippen LogP contribution in [0.2, 0.25) is 0 Å². The van der Waals surface area contributed by atoms with E-state index >= 15 is 0 Å². The van der Waals surface area contributed by atoms with Crippen LogP contribution in [0.1, 0.15) is 11.6 Å². The summed E-state index contributed by atoms with van der Waals surface area (Å²) in [6, 6.07) is 13.9. The minimum absolute atomic E-state index is 0.00664. The molecule has 2 atom stereocenters. The Morgan fingerprint density at radius 1 is 0.947 bits per heavy atom. The fourth-order valence-electron chi connectivity index (χ4n) is 4.69. The molecule has 1 saturated heterocycles. The van der Waals surface area contributed by atoms with Gasteiger partial charge < -0.3 is 29.0 Å². The molecule has 198 valence electrons. The van der Waals surface area contributed by atoms with Gasteiger partial charge in [0.2, 0.25) is 22.7 Å². The van der Waals surface area contributed by atoms with Gasteiger partial charge in [-0.25, -0.2) is 8.42 Å². The number of ether oxygens (including phenoxy) is 4. The van der Waals surface area contributed by atoms with Gasteiger partial charge in [0.15, 0.2) is 23.0 Å². The number of hydrogen-bond acceptors (Lipinski definition) is 8. The van der Waals surface area contributed by atoms with E-state index in [0.717, 1.165) is 4.31 Å². The third-order valence-corrected chi connectivity index (χ3v) is 8.28. The Kier molecular flexibility index (Phi) is 6.59. The zero-order chi connectivity index (χ0) is 27.0. The van der Waals surface area contributed by atoms with Gasteiger partial charge in [-0.15, -0.1) is 0 Å². The van der Waals surface area contributed by atoms with E-state index in [-0.39, 0.29) is 17.4 Å². The normalized spacial score (nSPS) is 19.3. The first-order valence-corrected chi connectivity index (χ1v) is 12.9. The summed E-state index contributed by atoms with van der Waals surface area (Å²) in [7, 11) is -1.50. The fourth-order valence-corrected chi connectivity index (χ4v) is 6.25. The van der Waals surface area contributed by atoms with Gasteiger partial charge in [-0.3, -0.25) is 9.59 Å². The number of carboxylic acids is 1. The maximum absolute atomic E-state index is 13.7. The Morgan fingerprint density at radius 2 is 1.66 bits per heavy atom. The molecule has 0 spiro atoms. The van der Waals surface area contributed by atoms with Crippen molar-refractivity contribution in [3.8, 4) is 23.0 Å². The van der Waals surface area contributed by atoms with Crippen LogP contribution in [-0.4, -0.2) is 63.3 Å². The second-order valence-corrected chi connectivity index (χ2v) is 10.4. The Balaban J connectivity index is 1.70. The van der Waals surface area contributed by atoms with E-state index < -0.39 is 40.5 Å². The first-order chi connectivity index (χ1) is 18.3. The van der Waals surface area contributed by atoms with Gasteiger partial charge >= 0.3 is 5.97 Å². The van der Waals surface area contributed by atoms with Crippen LogP contribution < -0.4 is 23.8 Å². The molecule has 1 fully saturated rings. The van der Waals surface area contributed by atoms with Crippen molar-refractivity contribution in [1.29, 1.82) is 0 Å². The van der Waals surface area contributed by atoms with Gasteiger partial charge in [-0.2, -0.15) is 4.31 Å². The van der Waals surface area contributed by atoms with Crippen molar-refractivity contribution >= 4 is 27.6 Å². The number of rotatable bonds is 7. The minimum Gasteiger partial charge on any atom is -0.493 e. The van der Waals surface area contributed by atoms with E-state index in [1.54, 1.807) is 36.4 Å². The molecule has 11 nitrogen and oxygen atoms in total. The predicted molar refractivity (Wildman–Crippen MR) is 134 cm³/mol. The zero-order valence-corrected chi connectivity index (χ0v) is 21.3. The maximum atomic E-state index is 13.7. The van der Waals surface area contributed by atoms with Crippen molar-refractivity contribution in [2.24, 2.45) is 0 Å². The number of amides is 1. The molecule has 0 aromatic heterocycles. The van der Waals surface area contributed by atoms with Gasteiger partial charge in [0.1, 0.15) is 6.04 Å². The van der Waals surface area contributed by atoms with E-state index in [0.29, 0.717) is 28.5 Å². The highest BCUT2D eigenvalue weighted by atomic mass is 32.2. The quantitative estimate of drug-likeness (QED) is 0.480. The molecule has 1 N–H and O–H groups in total. The zero-order valence-electron chi connectivity index (χ0n) is 20.4. The molecule has 2 aliphatic rings. The molecule has 0 unspecified atom stereocenters. The molecular formula is C26H24N2O9S. The summed E-state index contributed by atoms with van der Waals surface area (Å²) in [5, 5.41) is 10.4. The van der Waals surface area contributed by atoms with Gasteiger partial charge in [-0.1, -0.05) is 24.3 Å². The van der Waals surface area contributed by atoms with E-state index in [2.05, 4.69) is 0 Å². The third kappa shape index (κ3) is 4.27. The Hall–Kier alpha value is -4.29. The van der Waals surface area contributed by atoms with Crippen LogP contribution in [-0.2, 0) is 19.6 Å². The van der Waals surface area contributed by atoms with Crippen molar-refractivity contribution in [3.63, 3.8) is 0 Å². The smallest absolute Gasteiger partial charge is 0.324 e. The lowest BCUT2D eigenvalue weighted by atomic mass is 9.93. The largest absolute Gasteiger partial charge is 0.493 e. The summed E-state index contributed by atoms with van der Waals surface area (Å²) in [6.07, 6.45) is 0. The number of methoxy groups -OCH3 is 2. The van der Waals surface area contributed by atoms with Crippen molar-refractivity contribution < 1.29 is 42.1 Å². The molecule has 0 radical (unpaired) electrons. The van der Waals surface area contributed by atoms with E-state index in [1.807, 2.05) is 0 Å². The molecule has 12 heteroatoms. The molecule has 3 aromatic carbocycles. The lowest BCUT2D eigenvalue weighted by molar-refractivity contribution is -0.144. The van der Waals surface area contributed by atoms with Gasteiger partial charge in [0.05, 0.1) is 31.7 Å². The van der Waals surface area contributed by atoms with Crippen molar-refractivity contribution in [2.45, 2.75) is 17.0 Å². The molecule has 2 aliphatic heterocycles. The second kappa shape index (κ2) is 9.88. The Morgan fingerprint density at radius 3 is 2.34 bits per heavy atom. The van der Waals surface area contributed by atoms with Crippen LogP contribution in [0.25, 0.3) is 0 Å². The Labute approximate surface area is 218 Å². The molecule has 38 heavy (non-hydrogen) atoms. The van der Waals surface area contributed by atoms with Crippen molar-refractivity contribution in [1.82, 2.24) is 4.31 Å². The third-order valence-electron chi connectivity index (χ3n) is 6.43. The SMILES string of the molecule is COc1ccc([C@@H]2[C@@H](C(=O)O)N(S(=O)(=O)c3ccccc3)CC(=O)N2c2ccc3c(c2)OCO3)cc1OC. The number of piperazine rings is 1. The van der Waals surface area contributed by atoms with Gasteiger partial charge in [-0.05, 0) is 42.0 Å². The summed E-state index contributed by atoms with van der Waals surface area (Å²) >= 11 is 0. The number of hydrogen-bond donors (Lipinski definition) is 1. The van der Waals surface area contributed by atoms with Crippen LogP contribution in [0.15, 0.2) is 71.6 Å². The first kappa shape index (κ1) is 25.4. The number of carboxylic acid groups (broad SMARTS) is 1. The molecule has 5 rings (SSSR count). The number of carbonyl (C=O) groups is 2. The molecule has 0 saturated carbocycles. The number of aliphatic carboxylic acids is 1. The van der Waals surface area contributed by atoms with Crippen LogP contribution >= 0.6 is 0 Å². The molecule has 1 amide bonds. The van der Waals surface area contributed by atoms with Crippen LogP contribution in [0, 0.1) is 0 Å². The van der Waals surface area contributed by atoms with Crippen LogP contribution in [0.4, 0.5) is 5.69 Å². The average molecular weight is 541 g/mol. The molecule has 2 heterocycles. The van der Waals surface area contributed by atoms with Crippen LogP contribution in [0.5, 0.6) is 23.0 Å². The maximum Gasteiger partial charge on any atom is 0.324 e. The number of anilines is 1. The van der Waals surface area contributed by atoms with Gasteiger partial charge in [0, 0.05) is 11.8 Å². The summed E-state index contributed by atoms with van der Waals surface area (Å²) in [5.74, 6) is -0.524. The summed E-state index contributed by atoms with van der Waals surface area (Å²) in [5.41, 5.74) is 0.649. The highest BCUT2D eigenvalue weighted by Gasteiger charge is 2.51.